The van der Waals surface area contributed by atoms with Crippen molar-refractivity contribution < 1.29 is 0 Å². The summed E-state index contributed by atoms with van der Waals surface area (Å²) in [6.07, 6.45) is 13.3. The number of aromatic nitrogens is 2. The molecule has 0 saturated heterocycles. The first-order valence-electron chi connectivity index (χ1n) is 18.0. The quantitative estimate of drug-likeness (QED) is 0.182. The van der Waals surface area contributed by atoms with Crippen molar-refractivity contribution in [2.24, 2.45) is 0 Å². The van der Waals surface area contributed by atoms with Crippen LogP contribution in [0.15, 0.2) is 145 Å². The average molecular weight is 680 g/mol. The van der Waals surface area contributed by atoms with Crippen molar-refractivity contribution in [3.63, 3.8) is 0 Å². The smallest absolute Gasteiger partial charge is 0.0991 e. The van der Waals surface area contributed by atoms with Crippen LogP contribution in [-0.4, -0.2) is 9.13 Å². The fourth-order valence-electron chi connectivity index (χ4n) is 8.45. The number of benzene rings is 5. The van der Waals surface area contributed by atoms with E-state index in [0.29, 0.717) is 17.6 Å². The van der Waals surface area contributed by atoms with Crippen LogP contribution in [0, 0.1) is 34.0 Å². The fraction of sp³-hybridized carbons (Fsp3) is 0.104. The monoisotopic (exact) mass is 679 g/mol. The van der Waals surface area contributed by atoms with Crippen LogP contribution in [0.25, 0.3) is 61.8 Å². The van der Waals surface area contributed by atoms with Gasteiger partial charge in [0.15, 0.2) is 0 Å². The molecule has 1 unspecified atom stereocenters. The summed E-state index contributed by atoms with van der Waals surface area (Å²) in [6, 6.07) is 47.2. The van der Waals surface area contributed by atoms with Crippen molar-refractivity contribution in [2.45, 2.75) is 31.6 Å². The van der Waals surface area contributed by atoms with E-state index in [1.807, 2.05) is 24.3 Å². The predicted octanol–water partition coefficient (Wildman–Crippen LogP) is 11.7. The Balaban J connectivity index is 1.29. The minimum Gasteiger partial charge on any atom is -0.309 e. The van der Waals surface area contributed by atoms with E-state index in [-0.39, 0.29) is 12.3 Å². The van der Waals surface area contributed by atoms with Gasteiger partial charge in [0.25, 0.3) is 0 Å². The van der Waals surface area contributed by atoms with Crippen LogP contribution in [0.5, 0.6) is 0 Å². The van der Waals surface area contributed by atoms with E-state index in [1.165, 1.54) is 10.8 Å². The molecule has 1 atom stereocenters. The van der Waals surface area contributed by atoms with Crippen LogP contribution in [0.1, 0.15) is 59.5 Å². The number of hydrogen-bond donors (Lipinski definition) is 0. The zero-order valence-corrected chi connectivity index (χ0v) is 29.0. The third kappa shape index (κ3) is 5.29. The first-order chi connectivity index (χ1) is 26.2. The molecule has 9 rings (SSSR count). The highest BCUT2D eigenvalue weighted by molar-refractivity contribution is 6.09. The zero-order valence-electron chi connectivity index (χ0n) is 29.0. The molecule has 2 aromatic heterocycles. The maximum Gasteiger partial charge on any atom is 0.0991 e. The number of para-hydroxylation sites is 3. The Labute approximate surface area is 308 Å². The van der Waals surface area contributed by atoms with Crippen LogP contribution in [-0.2, 0) is 0 Å². The standard InChI is InChI=1S/C48H33N5/c49-25-24-35-26-33(31-51)28-42(48(35)34-12-11-13-36(29-34)52-43-19-8-5-15-37(43)38-16-6-9-20-44(38)52)40-17-7-10-21-46(40)53-45-18-4-2-1-3-14-39(45)41-27-32(30-50)22-23-47(41)53/h3-23,26-27,29,42H,1-2,24,28H2/b14-3-,18-4-. The van der Waals surface area contributed by atoms with Gasteiger partial charge in [-0.3, -0.25) is 0 Å². The summed E-state index contributed by atoms with van der Waals surface area (Å²) in [5, 5.41) is 33.7. The molecule has 2 heterocycles. The van der Waals surface area contributed by atoms with Gasteiger partial charge in [-0.1, -0.05) is 85.0 Å². The minimum absolute atomic E-state index is 0.186. The lowest BCUT2D eigenvalue weighted by molar-refractivity contribution is 0.826. The maximum atomic E-state index is 10.4. The molecule has 0 spiro atoms. The highest BCUT2D eigenvalue weighted by atomic mass is 15.0. The summed E-state index contributed by atoms with van der Waals surface area (Å²) in [6.45, 7) is 0. The normalized spacial score (nSPS) is 16.6. The molecule has 2 aliphatic carbocycles. The van der Waals surface area contributed by atoms with Crippen molar-refractivity contribution in [1.82, 2.24) is 9.13 Å². The van der Waals surface area contributed by atoms with E-state index in [4.69, 9.17) is 0 Å². The summed E-state index contributed by atoms with van der Waals surface area (Å²) < 4.78 is 4.63. The van der Waals surface area contributed by atoms with Crippen LogP contribution < -0.4 is 0 Å². The Bertz CT molecular complexity index is 2830. The van der Waals surface area contributed by atoms with E-state index in [9.17, 15) is 15.8 Å². The van der Waals surface area contributed by atoms with Gasteiger partial charge in [-0.05, 0) is 102 Å². The second-order valence-electron chi connectivity index (χ2n) is 13.7. The molecule has 0 saturated carbocycles. The molecular formula is C48H33N5. The first kappa shape index (κ1) is 31.8. The highest BCUT2D eigenvalue weighted by Gasteiger charge is 2.30. The molecule has 5 heteroatoms. The van der Waals surface area contributed by atoms with Gasteiger partial charge in [-0.15, -0.1) is 0 Å². The van der Waals surface area contributed by atoms with Gasteiger partial charge in [0.1, 0.15) is 0 Å². The summed E-state index contributed by atoms with van der Waals surface area (Å²) in [7, 11) is 0. The molecule has 0 radical (unpaired) electrons. The number of allylic oxidation sites excluding steroid dienone is 6. The van der Waals surface area contributed by atoms with Gasteiger partial charge in [0.05, 0.1) is 52.4 Å². The number of rotatable bonds is 5. The fourth-order valence-corrected chi connectivity index (χ4v) is 8.45. The van der Waals surface area contributed by atoms with Crippen molar-refractivity contribution >= 4 is 50.4 Å². The molecule has 2 aliphatic rings. The lowest BCUT2D eigenvalue weighted by Gasteiger charge is -2.30. The van der Waals surface area contributed by atoms with E-state index < -0.39 is 0 Å². The third-order valence-electron chi connectivity index (χ3n) is 10.7. The lowest BCUT2D eigenvalue weighted by Crippen LogP contribution is -2.14. The van der Waals surface area contributed by atoms with Gasteiger partial charge in [-0.2, -0.15) is 15.8 Å². The van der Waals surface area contributed by atoms with E-state index >= 15 is 0 Å². The Morgan fingerprint density at radius 1 is 0.642 bits per heavy atom. The number of nitriles is 3. The third-order valence-corrected chi connectivity index (χ3v) is 10.7. The first-order valence-corrected chi connectivity index (χ1v) is 18.0. The Morgan fingerprint density at radius 3 is 2.11 bits per heavy atom. The topological polar surface area (TPSA) is 81.2 Å². The van der Waals surface area contributed by atoms with Crippen LogP contribution in [0.2, 0.25) is 0 Å². The molecule has 250 valence electrons. The molecule has 5 aromatic carbocycles. The van der Waals surface area contributed by atoms with Gasteiger partial charge < -0.3 is 9.13 Å². The zero-order chi connectivity index (χ0) is 35.9. The van der Waals surface area contributed by atoms with Crippen molar-refractivity contribution in [3.05, 3.63) is 173 Å². The average Bonchev–Trinajstić information content (AvgIpc) is 3.68. The summed E-state index contributed by atoms with van der Waals surface area (Å²) in [5.74, 6) is -0.206. The SMILES string of the molecule is N#CCC1=C(c2cccc(-n3c4ccccc4c4ccccc43)c2)C(c2ccccc2-n2c3c(c4cc(C#N)ccc42)/C=C\CC/C=C\3)CC(C#N)=C1. The summed E-state index contributed by atoms with van der Waals surface area (Å²) in [5.41, 5.74) is 12.8. The molecule has 0 amide bonds. The van der Waals surface area contributed by atoms with E-state index in [1.54, 1.807) is 0 Å². The number of hydrogen-bond acceptors (Lipinski definition) is 3. The number of nitrogens with zero attached hydrogens (tertiary/aromatic N) is 5. The van der Waals surface area contributed by atoms with E-state index in [2.05, 4.69) is 149 Å². The van der Waals surface area contributed by atoms with Gasteiger partial charge in [0.2, 0.25) is 0 Å². The van der Waals surface area contributed by atoms with Crippen molar-refractivity contribution in [1.29, 1.82) is 15.8 Å². The molecule has 0 N–H and O–H groups in total. The summed E-state index contributed by atoms with van der Waals surface area (Å²) >= 11 is 0. The molecular weight excluding hydrogens is 647 g/mol. The second-order valence-corrected chi connectivity index (χ2v) is 13.7. The molecule has 5 nitrogen and oxygen atoms in total. The Morgan fingerprint density at radius 2 is 1.36 bits per heavy atom. The lowest BCUT2D eigenvalue weighted by atomic mass is 9.75. The van der Waals surface area contributed by atoms with Gasteiger partial charge >= 0.3 is 0 Å². The van der Waals surface area contributed by atoms with Gasteiger partial charge in [-0.25, -0.2) is 0 Å². The molecule has 0 aliphatic heterocycles. The molecule has 0 bridgehead atoms. The van der Waals surface area contributed by atoms with Crippen LogP contribution >= 0.6 is 0 Å². The van der Waals surface area contributed by atoms with E-state index in [0.717, 1.165) is 79.7 Å². The predicted molar refractivity (Wildman–Crippen MR) is 214 cm³/mol. The molecule has 0 fully saturated rings. The Hall–Kier alpha value is -7.13. The van der Waals surface area contributed by atoms with Crippen LogP contribution in [0.4, 0.5) is 0 Å². The van der Waals surface area contributed by atoms with Crippen LogP contribution in [0.3, 0.4) is 0 Å². The second kappa shape index (κ2) is 13.2. The minimum atomic E-state index is -0.206. The highest BCUT2D eigenvalue weighted by Crippen LogP contribution is 2.47. The number of fused-ring (bicyclic) bond motifs is 6. The Kier molecular flexibility index (Phi) is 7.93. The van der Waals surface area contributed by atoms with Crippen molar-refractivity contribution in [3.8, 4) is 29.6 Å². The van der Waals surface area contributed by atoms with Crippen molar-refractivity contribution in [2.75, 3.05) is 0 Å². The molecule has 53 heavy (non-hydrogen) atoms. The maximum absolute atomic E-state index is 10.4. The molecule has 7 aromatic rings. The largest absolute Gasteiger partial charge is 0.309 e. The summed E-state index contributed by atoms with van der Waals surface area (Å²) in [4.78, 5) is 0. The van der Waals surface area contributed by atoms with Gasteiger partial charge in [0, 0.05) is 44.6 Å².